The summed E-state index contributed by atoms with van der Waals surface area (Å²) in [6.45, 7) is 3.33. The monoisotopic (exact) mass is 423 g/mol. The van der Waals surface area contributed by atoms with Crippen LogP contribution in [0.3, 0.4) is 0 Å². The summed E-state index contributed by atoms with van der Waals surface area (Å²) in [4.78, 5) is 21.1. The Balaban J connectivity index is 1.47. The van der Waals surface area contributed by atoms with Gasteiger partial charge in [0.25, 0.3) is 5.91 Å². The van der Waals surface area contributed by atoms with Gasteiger partial charge in [-0.2, -0.15) is 0 Å². The highest BCUT2D eigenvalue weighted by atomic mass is 19.1. The van der Waals surface area contributed by atoms with Crippen molar-refractivity contribution < 1.29 is 18.3 Å². The number of nitrogens with one attached hydrogen (secondary N) is 1. The Hall–Kier alpha value is -3.88. The van der Waals surface area contributed by atoms with E-state index < -0.39 is 12.1 Å². The third kappa shape index (κ3) is 4.50. The summed E-state index contributed by atoms with van der Waals surface area (Å²) in [5.41, 5.74) is 1.27. The van der Waals surface area contributed by atoms with E-state index in [4.69, 9.17) is 4.74 Å². The molecule has 2 atom stereocenters. The van der Waals surface area contributed by atoms with Gasteiger partial charge in [0.1, 0.15) is 23.7 Å². The van der Waals surface area contributed by atoms with Crippen molar-refractivity contribution >= 4 is 11.6 Å². The van der Waals surface area contributed by atoms with Crippen LogP contribution in [-0.2, 0) is 4.79 Å². The third-order valence-corrected chi connectivity index (χ3v) is 4.64. The molecule has 0 radical (unpaired) electrons. The van der Waals surface area contributed by atoms with Crippen LogP contribution in [0.2, 0.25) is 0 Å². The van der Waals surface area contributed by atoms with Crippen LogP contribution in [0.1, 0.15) is 25.7 Å². The first-order valence-electron chi connectivity index (χ1n) is 9.60. The van der Waals surface area contributed by atoms with Crippen molar-refractivity contribution in [2.45, 2.75) is 26.0 Å². The minimum absolute atomic E-state index is 0.364. The molecule has 7 nitrogen and oxygen atoms in total. The predicted molar refractivity (Wildman–Crippen MR) is 109 cm³/mol. The van der Waals surface area contributed by atoms with E-state index in [2.05, 4.69) is 20.4 Å². The summed E-state index contributed by atoms with van der Waals surface area (Å²) in [7, 11) is 0. The normalized spacial score (nSPS) is 13.0. The molecule has 4 aromatic rings. The lowest BCUT2D eigenvalue weighted by Gasteiger charge is -2.17. The van der Waals surface area contributed by atoms with Crippen LogP contribution >= 0.6 is 0 Å². The van der Waals surface area contributed by atoms with Crippen LogP contribution in [0.5, 0.6) is 5.75 Å². The maximum absolute atomic E-state index is 14.0. The molecule has 0 saturated heterocycles. The fraction of sp³-hybridized carbons (Fsp3) is 0.182. The Morgan fingerprint density at radius 2 is 1.84 bits per heavy atom. The fourth-order valence-electron chi connectivity index (χ4n) is 2.98. The second-order valence-corrected chi connectivity index (χ2v) is 6.97. The van der Waals surface area contributed by atoms with Gasteiger partial charge in [0, 0.05) is 11.6 Å². The molecule has 0 saturated carbocycles. The van der Waals surface area contributed by atoms with Crippen LogP contribution in [0, 0.1) is 11.6 Å². The number of nitrogens with zero attached hydrogens (tertiary/aromatic N) is 4. The number of rotatable bonds is 6. The zero-order valence-electron chi connectivity index (χ0n) is 16.8. The van der Waals surface area contributed by atoms with Crippen molar-refractivity contribution in [2.24, 2.45) is 0 Å². The number of amides is 1. The minimum Gasteiger partial charge on any atom is -0.481 e. The number of hydrogen-bond donors (Lipinski definition) is 1. The molecule has 0 spiro atoms. The number of fused-ring (bicyclic) bond motifs is 1. The number of halogens is 2. The van der Waals surface area contributed by atoms with Crippen LogP contribution in [0.4, 0.5) is 8.78 Å². The molecule has 0 aliphatic rings. The molecule has 2 aromatic heterocycles. The van der Waals surface area contributed by atoms with Crippen molar-refractivity contribution in [1.29, 1.82) is 0 Å². The van der Waals surface area contributed by atoms with E-state index in [1.165, 1.54) is 41.2 Å². The lowest BCUT2D eigenvalue weighted by atomic mass is 10.1. The Morgan fingerprint density at radius 3 is 2.58 bits per heavy atom. The number of carbonyl (C=O) groups is 1. The summed E-state index contributed by atoms with van der Waals surface area (Å²) in [5.74, 6) is -0.386. The zero-order chi connectivity index (χ0) is 22.0. The molecule has 158 valence electrons. The maximum atomic E-state index is 14.0. The van der Waals surface area contributed by atoms with Gasteiger partial charge >= 0.3 is 0 Å². The molecule has 2 heterocycles. The molecule has 4 rings (SSSR count). The van der Waals surface area contributed by atoms with Crippen molar-refractivity contribution in [1.82, 2.24) is 24.9 Å². The topological polar surface area (TPSA) is 81.4 Å². The highest BCUT2D eigenvalue weighted by Gasteiger charge is 2.21. The molecular formula is C22H19F2N5O2. The smallest absolute Gasteiger partial charge is 0.261 e. The van der Waals surface area contributed by atoms with E-state index in [1.807, 2.05) is 0 Å². The Bertz CT molecular complexity index is 1230. The SMILES string of the molecule is C[C@H](Oc1ccc(F)cc1)C(=O)N[C@@H](C)c1nc2cc(-c3ccccc3F)ncn2n1. The van der Waals surface area contributed by atoms with Gasteiger partial charge in [-0.1, -0.05) is 12.1 Å². The molecule has 0 fully saturated rings. The molecule has 0 aliphatic heterocycles. The van der Waals surface area contributed by atoms with E-state index in [1.54, 1.807) is 38.1 Å². The molecular weight excluding hydrogens is 404 g/mol. The number of hydrogen-bond acceptors (Lipinski definition) is 5. The van der Waals surface area contributed by atoms with E-state index in [0.717, 1.165) is 0 Å². The van der Waals surface area contributed by atoms with Crippen LogP contribution in [-0.4, -0.2) is 31.6 Å². The van der Waals surface area contributed by atoms with Gasteiger partial charge in [0.05, 0.1) is 11.7 Å². The molecule has 0 aliphatic carbocycles. The number of carbonyl (C=O) groups excluding carboxylic acids is 1. The van der Waals surface area contributed by atoms with Gasteiger partial charge in [-0.15, -0.1) is 5.10 Å². The standard InChI is InChI=1S/C22H19F2N5O2/c1-13(26-22(30)14(2)31-16-9-7-15(23)8-10-16)21-27-20-11-19(25-12-29(20)28-21)17-5-3-4-6-18(17)24/h3-14H,1-2H3,(H,26,30)/t13-,14-/m0/s1. The highest BCUT2D eigenvalue weighted by molar-refractivity contribution is 5.81. The first-order chi connectivity index (χ1) is 14.9. The van der Waals surface area contributed by atoms with Crippen molar-refractivity contribution in [3.05, 3.63) is 78.4 Å². The van der Waals surface area contributed by atoms with Gasteiger partial charge in [0.2, 0.25) is 0 Å². The number of aromatic nitrogens is 4. The molecule has 2 aromatic carbocycles. The van der Waals surface area contributed by atoms with Crippen LogP contribution in [0.25, 0.3) is 16.9 Å². The van der Waals surface area contributed by atoms with Crippen molar-refractivity contribution in [3.8, 4) is 17.0 Å². The lowest BCUT2D eigenvalue weighted by Crippen LogP contribution is -2.38. The summed E-state index contributed by atoms with van der Waals surface area (Å²) in [5, 5.41) is 7.12. The van der Waals surface area contributed by atoms with Crippen molar-refractivity contribution in [2.75, 3.05) is 0 Å². The molecule has 31 heavy (non-hydrogen) atoms. The zero-order valence-corrected chi connectivity index (χ0v) is 16.8. The average molecular weight is 423 g/mol. The Labute approximate surface area is 176 Å². The largest absolute Gasteiger partial charge is 0.481 e. The van der Waals surface area contributed by atoms with Crippen LogP contribution in [0.15, 0.2) is 60.9 Å². The van der Waals surface area contributed by atoms with Crippen LogP contribution < -0.4 is 10.1 Å². The summed E-state index contributed by atoms with van der Waals surface area (Å²) < 4.78 is 34.0. The number of benzene rings is 2. The first kappa shape index (κ1) is 20.4. The average Bonchev–Trinajstić information content (AvgIpc) is 3.19. The lowest BCUT2D eigenvalue weighted by molar-refractivity contribution is -0.128. The number of ether oxygens (including phenoxy) is 1. The molecule has 9 heteroatoms. The predicted octanol–water partition coefficient (Wildman–Crippen LogP) is 3.71. The Morgan fingerprint density at radius 1 is 1.10 bits per heavy atom. The van der Waals surface area contributed by atoms with Gasteiger partial charge in [-0.25, -0.2) is 23.3 Å². The molecule has 1 N–H and O–H groups in total. The first-order valence-corrected chi connectivity index (χ1v) is 9.60. The van der Waals surface area contributed by atoms with E-state index in [0.29, 0.717) is 28.5 Å². The minimum atomic E-state index is -0.806. The fourth-order valence-corrected chi connectivity index (χ4v) is 2.98. The second kappa shape index (κ2) is 8.47. The van der Waals surface area contributed by atoms with Gasteiger partial charge in [-0.05, 0) is 50.2 Å². The second-order valence-electron chi connectivity index (χ2n) is 6.97. The molecule has 1 amide bonds. The van der Waals surface area contributed by atoms with Crippen molar-refractivity contribution in [3.63, 3.8) is 0 Å². The summed E-state index contributed by atoms with van der Waals surface area (Å²) in [6, 6.07) is 12.9. The third-order valence-electron chi connectivity index (χ3n) is 4.64. The summed E-state index contributed by atoms with van der Waals surface area (Å²) >= 11 is 0. The molecule has 0 bridgehead atoms. The van der Waals surface area contributed by atoms with E-state index in [9.17, 15) is 13.6 Å². The highest BCUT2D eigenvalue weighted by Crippen LogP contribution is 2.21. The molecule has 0 unspecified atom stereocenters. The van der Waals surface area contributed by atoms with Gasteiger partial charge in [-0.3, -0.25) is 4.79 Å². The Kier molecular flexibility index (Phi) is 5.57. The summed E-state index contributed by atoms with van der Waals surface area (Å²) in [6.07, 6.45) is 0.641. The maximum Gasteiger partial charge on any atom is 0.261 e. The van der Waals surface area contributed by atoms with E-state index in [-0.39, 0.29) is 17.5 Å². The van der Waals surface area contributed by atoms with E-state index >= 15 is 0 Å². The quantitative estimate of drug-likeness (QED) is 0.511. The van der Waals surface area contributed by atoms with Gasteiger partial charge in [0.15, 0.2) is 17.6 Å². The van der Waals surface area contributed by atoms with Gasteiger partial charge < -0.3 is 10.1 Å².